The second-order valence-corrected chi connectivity index (χ2v) is 11.5. The van der Waals surface area contributed by atoms with E-state index >= 15 is 0 Å². The molecule has 212 valence electrons. The van der Waals surface area contributed by atoms with Gasteiger partial charge in [0.1, 0.15) is 30.8 Å². The quantitative estimate of drug-likeness (QED) is 0.198. The summed E-state index contributed by atoms with van der Waals surface area (Å²) in [6.07, 6.45) is -0.101. The first-order valence-corrected chi connectivity index (χ1v) is 14.5. The van der Waals surface area contributed by atoms with E-state index in [1.54, 1.807) is 18.3 Å². The third-order valence-electron chi connectivity index (χ3n) is 7.01. The zero-order valence-corrected chi connectivity index (χ0v) is 24.5. The van der Waals surface area contributed by atoms with E-state index in [0.717, 1.165) is 28.2 Å². The lowest BCUT2D eigenvalue weighted by molar-refractivity contribution is -0.141. The highest BCUT2D eigenvalue weighted by atomic mass is 32.1. The minimum Gasteiger partial charge on any atom is -0.491 e. The van der Waals surface area contributed by atoms with Crippen LogP contribution in [0.2, 0.25) is 0 Å². The molecule has 0 aliphatic carbocycles. The van der Waals surface area contributed by atoms with Crippen molar-refractivity contribution in [3.05, 3.63) is 82.7 Å². The van der Waals surface area contributed by atoms with E-state index < -0.39 is 11.8 Å². The molecule has 3 aromatic carbocycles. The van der Waals surface area contributed by atoms with E-state index in [1.807, 2.05) is 44.2 Å². The second kappa shape index (κ2) is 12.4. The summed E-state index contributed by atoms with van der Waals surface area (Å²) in [5, 5.41) is 12.6. The largest absolute Gasteiger partial charge is 0.491 e. The molecular formula is C34H34O6S. The molecular weight excluding hydrogens is 536 g/mol. The average Bonchev–Trinajstić information content (AvgIpc) is 3.52. The fourth-order valence-electron chi connectivity index (χ4n) is 5.00. The van der Waals surface area contributed by atoms with E-state index in [9.17, 15) is 9.90 Å². The summed E-state index contributed by atoms with van der Waals surface area (Å²) >= 11 is 1.73. The van der Waals surface area contributed by atoms with Gasteiger partial charge in [-0.3, -0.25) is 4.79 Å². The number of aliphatic carboxylic acids is 1. The number of rotatable bonds is 10. The van der Waals surface area contributed by atoms with Gasteiger partial charge < -0.3 is 24.1 Å². The third kappa shape index (κ3) is 7.09. The number of ether oxygens (including phenoxy) is 4. The highest BCUT2D eigenvalue weighted by Crippen LogP contribution is 2.37. The molecule has 0 saturated carbocycles. The van der Waals surface area contributed by atoms with Crippen molar-refractivity contribution in [3.63, 3.8) is 0 Å². The molecule has 1 aliphatic heterocycles. The van der Waals surface area contributed by atoms with Gasteiger partial charge in [0.2, 0.25) is 0 Å². The maximum absolute atomic E-state index is 11.2. The fourth-order valence-corrected chi connectivity index (χ4v) is 5.94. The molecule has 0 bridgehead atoms. The van der Waals surface area contributed by atoms with Gasteiger partial charge in [-0.1, -0.05) is 30.2 Å². The minimum absolute atomic E-state index is 0.0252. The third-order valence-corrected chi connectivity index (χ3v) is 7.98. The first-order valence-electron chi connectivity index (χ1n) is 13.6. The maximum Gasteiger partial charge on any atom is 0.304 e. The van der Waals surface area contributed by atoms with Gasteiger partial charge in [-0.05, 0) is 91.7 Å². The first-order chi connectivity index (χ1) is 19.7. The zero-order chi connectivity index (χ0) is 29.0. The number of benzene rings is 3. The van der Waals surface area contributed by atoms with Crippen LogP contribution in [0.25, 0.3) is 21.2 Å². The molecule has 0 radical (unpaired) electrons. The number of carbonyl (C=O) groups is 1. The lowest BCUT2D eigenvalue weighted by Crippen LogP contribution is -2.25. The van der Waals surface area contributed by atoms with Crippen LogP contribution in [0.3, 0.4) is 0 Å². The molecule has 1 aromatic heterocycles. The van der Waals surface area contributed by atoms with Crippen LogP contribution < -0.4 is 9.47 Å². The molecule has 0 spiro atoms. The first kappa shape index (κ1) is 28.7. The van der Waals surface area contributed by atoms with Gasteiger partial charge in [-0.2, -0.15) is 0 Å². The minimum atomic E-state index is -0.866. The highest BCUT2D eigenvalue weighted by molar-refractivity contribution is 7.17. The molecule has 41 heavy (non-hydrogen) atoms. The topological polar surface area (TPSA) is 74.2 Å². The maximum atomic E-state index is 11.2. The Labute approximate surface area is 244 Å². The second-order valence-electron chi connectivity index (χ2n) is 10.6. The number of thiophene rings is 1. The molecule has 7 heteroatoms. The smallest absolute Gasteiger partial charge is 0.304 e. The number of aryl methyl sites for hydroxylation is 1. The molecule has 2 unspecified atom stereocenters. The Hall–Kier alpha value is -3.83. The van der Waals surface area contributed by atoms with Crippen LogP contribution in [-0.4, -0.2) is 36.2 Å². The van der Waals surface area contributed by atoms with E-state index in [0.29, 0.717) is 19.8 Å². The Bertz CT molecular complexity index is 1590. The molecule has 2 atom stereocenters. The molecule has 1 aliphatic rings. The summed E-state index contributed by atoms with van der Waals surface area (Å²) in [7, 11) is 0. The molecule has 0 amide bonds. The van der Waals surface area contributed by atoms with Crippen LogP contribution >= 0.6 is 11.3 Å². The van der Waals surface area contributed by atoms with Crippen LogP contribution in [0.5, 0.6) is 11.5 Å². The number of carboxylic acid groups (broad SMARTS) is 1. The summed E-state index contributed by atoms with van der Waals surface area (Å²) in [5.74, 6) is 5.59. The van der Waals surface area contributed by atoms with Crippen LogP contribution in [0.15, 0.2) is 66.0 Å². The normalized spacial score (nSPS) is 16.6. The van der Waals surface area contributed by atoms with Gasteiger partial charge in [-0.15, -0.1) is 17.3 Å². The van der Waals surface area contributed by atoms with E-state index in [1.165, 1.54) is 21.2 Å². The molecule has 2 heterocycles. The molecule has 1 fully saturated rings. The predicted molar refractivity (Wildman–Crippen MR) is 162 cm³/mol. The van der Waals surface area contributed by atoms with Crippen molar-refractivity contribution in [2.24, 2.45) is 0 Å². The van der Waals surface area contributed by atoms with Crippen LogP contribution in [0, 0.1) is 18.8 Å². The van der Waals surface area contributed by atoms with Crippen LogP contribution in [-0.2, 0) is 20.9 Å². The summed E-state index contributed by atoms with van der Waals surface area (Å²) in [6.45, 7) is 9.06. The predicted octanol–water partition coefficient (Wildman–Crippen LogP) is 7.57. The molecule has 5 rings (SSSR count). The van der Waals surface area contributed by atoms with E-state index in [2.05, 4.69) is 54.5 Å². The molecule has 1 saturated heterocycles. The van der Waals surface area contributed by atoms with Gasteiger partial charge in [0, 0.05) is 15.6 Å². The summed E-state index contributed by atoms with van der Waals surface area (Å²) in [5.41, 5.74) is 5.44. The summed E-state index contributed by atoms with van der Waals surface area (Å²) in [6, 6.07) is 20.1. The van der Waals surface area contributed by atoms with Gasteiger partial charge in [0.25, 0.3) is 0 Å². The van der Waals surface area contributed by atoms with Gasteiger partial charge in [0.05, 0.1) is 18.9 Å². The lowest BCUT2D eigenvalue weighted by Gasteiger charge is -2.17. The van der Waals surface area contributed by atoms with Crippen LogP contribution in [0.1, 0.15) is 49.8 Å². The number of hydrogen-bond donors (Lipinski definition) is 1. The average molecular weight is 571 g/mol. The van der Waals surface area contributed by atoms with Crippen molar-refractivity contribution in [1.82, 2.24) is 0 Å². The SMILES string of the molecule is CC#CC(CC(=O)O)c1ccc(OCc2ccc3scc(-c4ccc(OCC5COC(C)(C)O5)cc4C)c3c2)cc1. The Balaban J connectivity index is 1.26. The number of carboxylic acids is 1. The Morgan fingerprint density at radius 2 is 1.85 bits per heavy atom. The monoisotopic (exact) mass is 570 g/mol. The Morgan fingerprint density at radius 3 is 2.54 bits per heavy atom. The van der Waals surface area contributed by atoms with Crippen molar-refractivity contribution in [2.45, 2.75) is 58.5 Å². The number of hydrogen-bond acceptors (Lipinski definition) is 6. The van der Waals surface area contributed by atoms with Gasteiger partial charge >= 0.3 is 5.97 Å². The fraction of sp³-hybridized carbons (Fsp3) is 0.324. The lowest BCUT2D eigenvalue weighted by atomic mass is 9.96. The standard InChI is InChI=1S/C34H34O6S/c1-5-6-25(17-33(35)36)24-8-10-26(11-9-24)37-18-23-7-14-32-30(16-23)31(21-41-32)29-13-12-27(15-22(29)2)38-19-28-20-39-34(3,4)40-28/h7-16,21,25,28H,17-20H2,1-4H3,(H,35,36). The van der Waals surface area contributed by atoms with Crippen molar-refractivity contribution in [1.29, 1.82) is 0 Å². The van der Waals surface area contributed by atoms with Crippen LogP contribution in [0.4, 0.5) is 0 Å². The van der Waals surface area contributed by atoms with Gasteiger partial charge in [0.15, 0.2) is 5.79 Å². The molecule has 4 aromatic rings. The van der Waals surface area contributed by atoms with E-state index in [4.69, 9.17) is 18.9 Å². The Morgan fingerprint density at radius 1 is 1.07 bits per heavy atom. The van der Waals surface area contributed by atoms with Gasteiger partial charge in [-0.25, -0.2) is 0 Å². The molecule has 6 nitrogen and oxygen atoms in total. The number of fused-ring (bicyclic) bond motifs is 1. The van der Waals surface area contributed by atoms with Crippen molar-refractivity contribution < 1.29 is 28.8 Å². The van der Waals surface area contributed by atoms with E-state index in [-0.39, 0.29) is 18.4 Å². The summed E-state index contributed by atoms with van der Waals surface area (Å²) in [4.78, 5) is 11.2. The zero-order valence-electron chi connectivity index (χ0n) is 23.7. The van der Waals surface area contributed by atoms with Crippen molar-refractivity contribution in [3.8, 4) is 34.5 Å². The molecule has 1 N–H and O–H groups in total. The highest BCUT2D eigenvalue weighted by Gasteiger charge is 2.33. The summed E-state index contributed by atoms with van der Waals surface area (Å²) < 4.78 is 24.8. The Kier molecular flexibility index (Phi) is 8.65. The van der Waals surface area contributed by atoms with Crippen molar-refractivity contribution >= 4 is 27.4 Å². The van der Waals surface area contributed by atoms with Crippen molar-refractivity contribution in [2.75, 3.05) is 13.2 Å².